The van der Waals surface area contributed by atoms with E-state index >= 15 is 0 Å². The minimum absolute atomic E-state index is 0.576. The summed E-state index contributed by atoms with van der Waals surface area (Å²) in [6, 6.07) is 6.89. The van der Waals surface area contributed by atoms with E-state index < -0.39 is 0 Å². The van der Waals surface area contributed by atoms with Crippen LogP contribution in [0, 0.1) is 0 Å². The van der Waals surface area contributed by atoms with E-state index in [1.54, 1.807) is 6.07 Å². The summed E-state index contributed by atoms with van der Waals surface area (Å²) in [5.74, 6) is 0. The predicted octanol–water partition coefficient (Wildman–Crippen LogP) is 2.31. The fourth-order valence-electron chi connectivity index (χ4n) is 2.36. The zero-order valence-corrected chi connectivity index (χ0v) is 11.2. The molecule has 1 aromatic carbocycles. The number of anilines is 2. The van der Waals surface area contributed by atoms with E-state index in [1.165, 1.54) is 12.8 Å². The van der Waals surface area contributed by atoms with Crippen LogP contribution in [0.25, 0.3) is 11.1 Å². The van der Waals surface area contributed by atoms with Gasteiger partial charge in [-0.2, -0.15) is 4.98 Å². The van der Waals surface area contributed by atoms with Gasteiger partial charge in [-0.15, -0.1) is 0 Å². The van der Waals surface area contributed by atoms with E-state index in [-0.39, 0.29) is 0 Å². The summed E-state index contributed by atoms with van der Waals surface area (Å²) in [5, 5.41) is 3.24. The summed E-state index contributed by atoms with van der Waals surface area (Å²) in [6.07, 6.45) is 2.69. The highest BCUT2D eigenvalue weighted by molar-refractivity contribution is 5.78. The molecule has 0 unspecified atom stereocenters. The molecule has 1 heterocycles. The summed E-state index contributed by atoms with van der Waals surface area (Å²) in [6.45, 7) is 5.20. The fourth-order valence-corrected chi connectivity index (χ4v) is 2.36. The van der Waals surface area contributed by atoms with Crippen LogP contribution in [0.4, 0.5) is 11.7 Å². The Morgan fingerprint density at radius 3 is 3.05 bits per heavy atom. The van der Waals surface area contributed by atoms with Gasteiger partial charge in [0.2, 0.25) is 0 Å². The maximum Gasteiger partial charge on any atom is 0.295 e. The van der Waals surface area contributed by atoms with Crippen LogP contribution in [0.15, 0.2) is 22.6 Å². The molecule has 1 saturated carbocycles. The lowest BCUT2D eigenvalue weighted by molar-refractivity contribution is 0.288. The highest BCUT2D eigenvalue weighted by atomic mass is 16.4. The Hall–Kier alpha value is -1.75. The molecule has 2 aromatic rings. The number of oxazole rings is 1. The van der Waals surface area contributed by atoms with Gasteiger partial charge in [0.15, 0.2) is 5.58 Å². The van der Waals surface area contributed by atoms with E-state index in [2.05, 4.69) is 22.1 Å². The normalized spacial score (nSPS) is 15.3. The van der Waals surface area contributed by atoms with Crippen LogP contribution >= 0.6 is 0 Å². The van der Waals surface area contributed by atoms with Crippen molar-refractivity contribution in [3.63, 3.8) is 0 Å². The predicted molar refractivity (Wildman–Crippen MR) is 77.2 cm³/mol. The van der Waals surface area contributed by atoms with Crippen LogP contribution in [-0.4, -0.2) is 35.6 Å². The first kappa shape index (κ1) is 12.3. The maximum atomic E-state index is 5.72. The first-order valence-electron chi connectivity index (χ1n) is 6.90. The number of nitrogens with zero attached hydrogens (tertiary/aromatic N) is 2. The topological polar surface area (TPSA) is 67.3 Å². The molecule has 0 saturated heterocycles. The van der Waals surface area contributed by atoms with Gasteiger partial charge in [0, 0.05) is 30.9 Å². The molecule has 3 N–H and O–H groups in total. The largest absolute Gasteiger partial charge is 0.423 e. The molecule has 19 heavy (non-hydrogen) atoms. The highest BCUT2D eigenvalue weighted by Crippen LogP contribution is 2.26. The van der Waals surface area contributed by atoms with Crippen LogP contribution in [0.5, 0.6) is 0 Å². The molecule has 1 aliphatic carbocycles. The van der Waals surface area contributed by atoms with Crippen LogP contribution in [-0.2, 0) is 0 Å². The van der Waals surface area contributed by atoms with E-state index in [9.17, 15) is 0 Å². The van der Waals surface area contributed by atoms with Crippen LogP contribution in [0.3, 0.4) is 0 Å². The van der Waals surface area contributed by atoms with Gasteiger partial charge in [-0.25, -0.2) is 0 Å². The minimum atomic E-state index is 0.576. The molecule has 5 heteroatoms. The van der Waals surface area contributed by atoms with Gasteiger partial charge in [-0.1, -0.05) is 6.92 Å². The van der Waals surface area contributed by atoms with Gasteiger partial charge in [-0.3, -0.25) is 4.90 Å². The molecule has 0 spiro atoms. The van der Waals surface area contributed by atoms with Crippen LogP contribution < -0.4 is 11.1 Å². The summed E-state index contributed by atoms with van der Waals surface area (Å²) in [5.41, 5.74) is 7.98. The number of nitrogen functional groups attached to an aromatic ring is 1. The Morgan fingerprint density at radius 2 is 2.32 bits per heavy atom. The molecular formula is C14H20N4O. The Balaban J connectivity index is 1.58. The molecule has 0 bridgehead atoms. The third-order valence-corrected chi connectivity index (χ3v) is 3.56. The SMILES string of the molecule is CCN(CCNc1nc2ccc(N)cc2o1)C1CC1. The fraction of sp³-hybridized carbons (Fsp3) is 0.500. The van der Waals surface area contributed by atoms with E-state index in [1.807, 2.05) is 12.1 Å². The zero-order chi connectivity index (χ0) is 13.2. The van der Waals surface area contributed by atoms with Crippen molar-refractivity contribution in [2.45, 2.75) is 25.8 Å². The number of hydrogen-bond donors (Lipinski definition) is 2. The number of aromatic nitrogens is 1. The van der Waals surface area contributed by atoms with Gasteiger partial charge in [0.1, 0.15) is 5.52 Å². The molecule has 1 fully saturated rings. The second-order valence-electron chi connectivity index (χ2n) is 5.03. The maximum absolute atomic E-state index is 5.72. The number of benzene rings is 1. The summed E-state index contributed by atoms with van der Waals surface area (Å²) in [7, 11) is 0. The lowest BCUT2D eigenvalue weighted by atomic mass is 10.3. The standard InChI is InChI=1S/C14H20N4O/c1-2-18(11-4-5-11)8-7-16-14-17-12-6-3-10(15)9-13(12)19-14/h3,6,9,11H,2,4-5,7-8,15H2,1H3,(H,16,17). The van der Waals surface area contributed by atoms with Crippen LogP contribution in [0.2, 0.25) is 0 Å². The molecule has 0 atom stereocenters. The van der Waals surface area contributed by atoms with Crippen molar-refractivity contribution in [2.75, 3.05) is 30.7 Å². The van der Waals surface area contributed by atoms with Crippen molar-refractivity contribution < 1.29 is 4.42 Å². The van der Waals surface area contributed by atoms with Gasteiger partial charge in [0.25, 0.3) is 6.01 Å². The molecular weight excluding hydrogens is 240 g/mol. The van der Waals surface area contributed by atoms with Crippen molar-refractivity contribution in [2.24, 2.45) is 0 Å². The highest BCUT2D eigenvalue weighted by Gasteiger charge is 2.27. The number of likely N-dealkylation sites (N-methyl/N-ethyl adjacent to an activating group) is 1. The first-order chi connectivity index (χ1) is 9.26. The minimum Gasteiger partial charge on any atom is -0.423 e. The average Bonchev–Trinajstić information content (AvgIpc) is 3.15. The first-order valence-corrected chi connectivity index (χ1v) is 6.90. The van der Waals surface area contributed by atoms with Crippen LogP contribution in [0.1, 0.15) is 19.8 Å². The van der Waals surface area contributed by atoms with Crippen molar-refractivity contribution in [3.8, 4) is 0 Å². The lowest BCUT2D eigenvalue weighted by Gasteiger charge is -2.19. The smallest absolute Gasteiger partial charge is 0.295 e. The molecule has 0 amide bonds. The Morgan fingerprint density at radius 1 is 1.47 bits per heavy atom. The van der Waals surface area contributed by atoms with Crippen molar-refractivity contribution in [1.82, 2.24) is 9.88 Å². The Bertz CT molecular complexity index is 562. The molecule has 102 valence electrons. The Kier molecular flexibility index (Phi) is 3.29. The number of nitrogens with two attached hydrogens (primary N) is 1. The lowest BCUT2D eigenvalue weighted by Crippen LogP contribution is -2.30. The molecule has 5 nitrogen and oxygen atoms in total. The summed E-state index contributed by atoms with van der Waals surface area (Å²) >= 11 is 0. The monoisotopic (exact) mass is 260 g/mol. The second-order valence-corrected chi connectivity index (χ2v) is 5.03. The van der Waals surface area contributed by atoms with Crippen molar-refractivity contribution >= 4 is 22.8 Å². The quantitative estimate of drug-likeness (QED) is 0.780. The molecule has 1 aliphatic rings. The number of hydrogen-bond acceptors (Lipinski definition) is 5. The van der Waals surface area contributed by atoms with Gasteiger partial charge in [0.05, 0.1) is 0 Å². The number of fused-ring (bicyclic) bond motifs is 1. The van der Waals surface area contributed by atoms with Gasteiger partial charge < -0.3 is 15.5 Å². The third kappa shape index (κ3) is 2.81. The van der Waals surface area contributed by atoms with E-state index in [0.717, 1.165) is 36.8 Å². The molecule has 1 aromatic heterocycles. The van der Waals surface area contributed by atoms with Crippen molar-refractivity contribution in [1.29, 1.82) is 0 Å². The molecule has 3 rings (SSSR count). The Labute approximate surface area is 112 Å². The molecule has 0 radical (unpaired) electrons. The van der Waals surface area contributed by atoms with Gasteiger partial charge >= 0.3 is 0 Å². The molecule has 0 aliphatic heterocycles. The average molecular weight is 260 g/mol. The van der Waals surface area contributed by atoms with E-state index in [4.69, 9.17) is 10.2 Å². The van der Waals surface area contributed by atoms with Gasteiger partial charge in [-0.05, 0) is 31.5 Å². The zero-order valence-electron chi connectivity index (χ0n) is 11.2. The number of nitrogens with one attached hydrogen (secondary N) is 1. The second kappa shape index (κ2) is 5.09. The third-order valence-electron chi connectivity index (χ3n) is 3.56. The number of rotatable bonds is 6. The van der Waals surface area contributed by atoms with Crippen molar-refractivity contribution in [3.05, 3.63) is 18.2 Å². The summed E-state index contributed by atoms with van der Waals surface area (Å²) in [4.78, 5) is 6.88. The summed E-state index contributed by atoms with van der Waals surface area (Å²) < 4.78 is 5.62. The van der Waals surface area contributed by atoms with E-state index in [0.29, 0.717) is 11.7 Å².